The van der Waals surface area contributed by atoms with Crippen LogP contribution in [0.2, 0.25) is 0 Å². The van der Waals surface area contributed by atoms with Crippen molar-refractivity contribution in [3.8, 4) is 5.75 Å². The van der Waals surface area contributed by atoms with Crippen LogP contribution >= 0.6 is 0 Å². The zero-order valence-corrected chi connectivity index (χ0v) is 14.8. The van der Waals surface area contributed by atoms with Gasteiger partial charge in [-0.2, -0.15) is 0 Å². The predicted octanol–water partition coefficient (Wildman–Crippen LogP) is 4.08. The fraction of sp³-hybridized carbons (Fsp3) is 0.381. The van der Waals surface area contributed by atoms with Crippen LogP contribution in [0.4, 0.5) is 5.69 Å². The minimum absolute atomic E-state index is 0.0554. The maximum atomic E-state index is 12.4. The van der Waals surface area contributed by atoms with Gasteiger partial charge >= 0.3 is 0 Å². The van der Waals surface area contributed by atoms with Gasteiger partial charge in [0.25, 0.3) is 0 Å². The van der Waals surface area contributed by atoms with Crippen LogP contribution in [-0.2, 0) is 11.4 Å². The van der Waals surface area contributed by atoms with Crippen molar-refractivity contribution in [2.45, 2.75) is 38.8 Å². The van der Waals surface area contributed by atoms with Gasteiger partial charge in [-0.1, -0.05) is 36.8 Å². The fourth-order valence-corrected chi connectivity index (χ4v) is 3.09. The second-order valence-corrected chi connectivity index (χ2v) is 6.56. The Morgan fingerprint density at radius 2 is 1.72 bits per heavy atom. The maximum Gasteiger partial charge on any atom is 0.241 e. The number of hydrogen-bond acceptors (Lipinski definition) is 3. The summed E-state index contributed by atoms with van der Waals surface area (Å²) in [4.78, 5) is 14.7. The molecular weight excluding hydrogens is 312 g/mol. The van der Waals surface area contributed by atoms with Gasteiger partial charge < -0.3 is 10.1 Å². The number of likely N-dealkylation sites (tertiary alicyclic amines) is 1. The van der Waals surface area contributed by atoms with E-state index in [1.165, 1.54) is 19.3 Å². The van der Waals surface area contributed by atoms with Crippen LogP contribution in [0, 0.1) is 0 Å². The smallest absolute Gasteiger partial charge is 0.241 e. The molecule has 0 unspecified atom stereocenters. The van der Waals surface area contributed by atoms with Crippen molar-refractivity contribution < 1.29 is 9.53 Å². The average molecular weight is 338 g/mol. The van der Waals surface area contributed by atoms with Gasteiger partial charge in [-0.25, -0.2) is 0 Å². The van der Waals surface area contributed by atoms with E-state index in [0.717, 1.165) is 30.1 Å². The van der Waals surface area contributed by atoms with Gasteiger partial charge in [0.2, 0.25) is 5.91 Å². The maximum absolute atomic E-state index is 12.4. The van der Waals surface area contributed by atoms with Crippen LogP contribution in [0.1, 0.15) is 31.7 Å². The number of ether oxygens (including phenoxy) is 1. The van der Waals surface area contributed by atoms with Crippen molar-refractivity contribution in [2.24, 2.45) is 0 Å². The third kappa shape index (κ3) is 5.07. The first-order valence-electron chi connectivity index (χ1n) is 9.04. The first kappa shape index (κ1) is 17.5. The SMILES string of the molecule is C[C@H](C(=O)Nc1ccc(OCc2ccccc2)cc1)N1CCCCC1. The summed E-state index contributed by atoms with van der Waals surface area (Å²) in [6.07, 6.45) is 3.64. The molecule has 132 valence electrons. The Hall–Kier alpha value is -2.33. The monoisotopic (exact) mass is 338 g/mol. The fourth-order valence-electron chi connectivity index (χ4n) is 3.09. The van der Waals surface area contributed by atoms with Gasteiger partial charge in [0.15, 0.2) is 0 Å². The molecule has 1 aliphatic rings. The molecule has 1 amide bonds. The minimum atomic E-state index is -0.0886. The topological polar surface area (TPSA) is 41.6 Å². The third-order valence-electron chi connectivity index (χ3n) is 4.69. The van der Waals surface area contributed by atoms with Gasteiger partial charge in [0.1, 0.15) is 12.4 Å². The van der Waals surface area contributed by atoms with E-state index in [9.17, 15) is 4.79 Å². The quantitative estimate of drug-likeness (QED) is 0.863. The molecule has 1 N–H and O–H groups in total. The Morgan fingerprint density at radius 3 is 2.40 bits per heavy atom. The highest BCUT2D eigenvalue weighted by Gasteiger charge is 2.22. The molecule has 0 spiro atoms. The number of piperidine rings is 1. The number of amides is 1. The number of benzene rings is 2. The highest BCUT2D eigenvalue weighted by molar-refractivity contribution is 5.94. The number of nitrogens with zero attached hydrogens (tertiary/aromatic N) is 1. The summed E-state index contributed by atoms with van der Waals surface area (Å²) in [6, 6.07) is 17.5. The molecule has 0 saturated carbocycles. The predicted molar refractivity (Wildman–Crippen MR) is 101 cm³/mol. The van der Waals surface area contributed by atoms with Crippen molar-refractivity contribution in [3.63, 3.8) is 0 Å². The van der Waals surface area contributed by atoms with E-state index in [2.05, 4.69) is 10.2 Å². The van der Waals surface area contributed by atoms with E-state index in [0.29, 0.717) is 6.61 Å². The van der Waals surface area contributed by atoms with Crippen molar-refractivity contribution in [2.75, 3.05) is 18.4 Å². The molecule has 1 heterocycles. The Bertz CT molecular complexity index is 664. The van der Waals surface area contributed by atoms with Crippen LogP contribution < -0.4 is 10.1 Å². The van der Waals surface area contributed by atoms with E-state index in [-0.39, 0.29) is 11.9 Å². The molecule has 1 fully saturated rings. The molecule has 0 radical (unpaired) electrons. The number of rotatable bonds is 6. The summed E-state index contributed by atoms with van der Waals surface area (Å²) in [6.45, 7) is 4.55. The molecular formula is C21H26N2O2. The molecule has 1 atom stereocenters. The normalized spacial score (nSPS) is 16.2. The zero-order valence-electron chi connectivity index (χ0n) is 14.8. The van der Waals surface area contributed by atoms with Gasteiger partial charge in [-0.3, -0.25) is 9.69 Å². The van der Waals surface area contributed by atoms with E-state index in [4.69, 9.17) is 4.74 Å². The second kappa shape index (κ2) is 8.67. The lowest BCUT2D eigenvalue weighted by Gasteiger charge is -2.31. The van der Waals surface area contributed by atoms with Crippen LogP contribution in [0.5, 0.6) is 5.75 Å². The number of carbonyl (C=O) groups excluding carboxylic acids is 1. The molecule has 25 heavy (non-hydrogen) atoms. The van der Waals surface area contributed by atoms with Crippen molar-refractivity contribution in [3.05, 3.63) is 60.2 Å². The molecule has 4 heteroatoms. The van der Waals surface area contributed by atoms with E-state index in [1.807, 2.05) is 61.5 Å². The van der Waals surface area contributed by atoms with Gasteiger partial charge in [-0.05, 0) is 62.7 Å². The first-order chi connectivity index (χ1) is 12.2. The Morgan fingerprint density at radius 1 is 1.04 bits per heavy atom. The third-order valence-corrected chi connectivity index (χ3v) is 4.69. The molecule has 2 aromatic rings. The Labute approximate surface area is 149 Å². The number of carbonyl (C=O) groups is 1. The van der Waals surface area contributed by atoms with Gasteiger partial charge in [-0.15, -0.1) is 0 Å². The first-order valence-corrected chi connectivity index (χ1v) is 9.04. The molecule has 0 aromatic heterocycles. The summed E-state index contributed by atoms with van der Waals surface area (Å²) >= 11 is 0. The summed E-state index contributed by atoms with van der Waals surface area (Å²) in [5, 5.41) is 3.00. The molecule has 0 aliphatic carbocycles. The number of anilines is 1. The van der Waals surface area contributed by atoms with Gasteiger partial charge in [0, 0.05) is 5.69 Å². The van der Waals surface area contributed by atoms with Crippen molar-refractivity contribution >= 4 is 11.6 Å². The molecule has 2 aromatic carbocycles. The largest absolute Gasteiger partial charge is 0.489 e. The molecule has 1 aliphatic heterocycles. The van der Waals surface area contributed by atoms with Crippen LogP contribution in [0.25, 0.3) is 0 Å². The Kier molecular flexibility index (Phi) is 6.07. The summed E-state index contributed by atoms with van der Waals surface area (Å²) in [7, 11) is 0. The minimum Gasteiger partial charge on any atom is -0.489 e. The van der Waals surface area contributed by atoms with Gasteiger partial charge in [0.05, 0.1) is 6.04 Å². The van der Waals surface area contributed by atoms with Crippen LogP contribution in [0.3, 0.4) is 0 Å². The highest BCUT2D eigenvalue weighted by atomic mass is 16.5. The lowest BCUT2D eigenvalue weighted by molar-refractivity contribution is -0.121. The zero-order chi connectivity index (χ0) is 17.5. The molecule has 3 rings (SSSR count). The average Bonchev–Trinajstić information content (AvgIpc) is 2.68. The molecule has 1 saturated heterocycles. The van der Waals surface area contributed by atoms with E-state index < -0.39 is 0 Å². The molecule has 4 nitrogen and oxygen atoms in total. The number of nitrogens with one attached hydrogen (secondary N) is 1. The van der Waals surface area contributed by atoms with Crippen LogP contribution in [-0.4, -0.2) is 29.9 Å². The van der Waals surface area contributed by atoms with Crippen molar-refractivity contribution in [1.82, 2.24) is 4.90 Å². The van der Waals surface area contributed by atoms with E-state index >= 15 is 0 Å². The summed E-state index contributed by atoms with van der Waals surface area (Å²) in [5.74, 6) is 0.853. The lowest BCUT2D eigenvalue weighted by atomic mass is 10.1. The molecule has 0 bridgehead atoms. The lowest BCUT2D eigenvalue weighted by Crippen LogP contribution is -2.44. The second-order valence-electron chi connectivity index (χ2n) is 6.56. The Balaban J connectivity index is 1.50. The van der Waals surface area contributed by atoms with Crippen LogP contribution in [0.15, 0.2) is 54.6 Å². The number of hydrogen-bond donors (Lipinski definition) is 1. The summed E-state index contributed by atoms with van der Waals surface area (Å²) < 4.78 is 5.77. The summed E-state index contributed by atoms with van der Waals surface area (Å²) in [5.41, 5.74) is 1.94. The highest BCUT2D eigenvalue weighted by Crippen LogP contribution is 2.18. The van der Waals surface area contributed by atoms with Crippen molar-refractivity contribution in [1.29, 1.82) is 0 Å². The van der Waals surface area contributed by atoms with E-state index in [1.54, 1.807) is 0 Å². The standard InChI is InChI=1S/C21H26N2O2/c1-17(23-14-6-3-7-15-23)21(24)22-19-10-12-20(13-11-19)25-16-18-8-4-2-5-9-18/h2,4-5,8-13,17H,3,6-7,14-16H2,1H3,(H,22,24)/t17-/m1/s1.